The van der Waals surface area contributed by atoms with E-state index in [2.05, 4.69) is 21.9 Å². The minimum atomic E-state index is -3.17. The molecule has 9 heteroatoms. The lowest BCUT2D eigenvalue weighted by Gasteiger charge is -2.38. The second kappa shape index (κ2) is 13.4. The fourth-order valence-electron chi connectivity index (χ4n) is 9.71. The Bertz CT molecular complexity index is 1980. The number of hydrogen-bond donors (Lipinski definition) is 0. The molecule has 4 aliphatic heterocycles. The Morgan fingerprint density at radius 3 is 2.27 bits per heavy atom. The Kier molecular flexibility index (Phi) is 9.09. The Morgan fingerprint density at radius 2 is 1.60 bits per heavy atom. The zero-order chi connectivity index (χ0) is 36.4. The zero-order valence-corrected chi connectivity index (χ0v) is 31.4. The van der Waals surface area contributed by atoms with Crippen LogP contribution in [0, 0.1) is 6.92 Å². The van der Waals surface area contributed by atoms with E-state index in [-0.39, 0.29) is 40.9 Å². The maximum Gasteiger partial charge on any atom is 0.298 e. The summed E-state index contributed by atoms with van der Waals surface area (Å²) in [5, 5.41) is 2.33. The van der Waals surface area contributed by atoms with Crippen molar-refractivity contribution in [2.24, 2.45) is 0 Å². The van der Waals surface area contributed by atoms with Crippen LogP contribution < -0.4 is 9.64 Å². The molecule has 4 aromatic rings. The number of alkyl halides is 2. The molecule has 0 saturated carbocycles. The van der Waals surface area contributed by atoms with Crippen molar-refractivity contribution in [1.82, 2.24) is 4.90 Å². The molecule has 8 rings (SSSR count). The Balaban J connectivity index is 1.18. The van der Waals surface area contributed by atoms with Gasteiger partial charge in [-0.25, -0.2) is 0 Å². The number of ether oxygens (including phenoxy) is 2. The molecule has 4 heterocycles. The molecule has 52 heavy (non-hydrogen) atoms. The van der Waals surface area contributed by atoms with Crippen molar-refractivity contribution >= 4 is 40.6 Å². The van der Waals surface area contributed by atoms with Crippen molar-refractivity contribution in [3.8, 4) is 16.9 Å². The lowest BCUT2D eigenvalue weighted by atomic mass is 9.36. The van der Waals surface area contributed by atoms with Gasteiger partial charge in [-0.2, -0.15) is 8.78 Å². The molecule has 0 radical (unpaired) electrons. The largest absolute Gasteiger partial charge is 0.492 e. The van der Waals surface area contributed by atoms with Crippen LogP contribution in [0.2, 0.25) is 16.7 Å². The van der Waals surface area contributed by atoms with Gasteiger partial charge in [-0.15, -0.1) is 0 Å². The van der Waals surface area contributed by atoms with E-state index in [1.165, 1.54) is 25.0 Å². The van der Waals surface area contributed by atoms with E-state index in [0.29, 0.717) is 22.8 Å². The van der Waals surface area contributed by atoms with Gasteiger partial charge in [-0.05, 0) is 102 Å². The maximum absolute atomic E-state index is 15.9. The molecular formula is C43H48BClF2N2O3. The molecular weight excluding hydrogens is 677 g/mol. The molecule has 0 amide bonds. The number of fused-ring (bicyclic) bond motifs is 4. The van der Waals surface area contributed by atoms with Crippen molar-refractivity contribution < 1.29 is 23.0 Å². The van der Waals surface area contributed by atoms with Gasteiger partial charge in [-0.3, -0.25) is 9.69 Å². The topological polar surface area (TPSA) is 42.0 Å². The summed E-state index contributed by atoms with van der Waals surface area (Å²) < 4.78 is 44.4. The quantitative estimate of drug-likeness (QED) is 0.169. The van der Waals surface area contributed by atoms with Crippen LogP contribution in [0.1, 0.15) is 76.0 Å². The van der Waals surface area contributed by atoms with Crippen molar-refractivity contribution in [2.45, 2.75) is 94.9 Å². The van der Waals surface area contributed by atoms with Crippen LogP contribution in [0.5, 0.6) is 5.75 Å². The fraction of sp³-hybridized carbons (Fsp3) is 0.465. The molecule has 0 N–H and O–H groups in total. The van der Waals surface area contributed by atoms with E-state index in [1.54, 1.807) is 30.3 Å². The van der Waals surface area contributed by atoms with Gasteiger partial charge in [0, 0.05) is 52.3 Å². The summed E-state index contributed by atoms with van der Waals surface area (Å²) in [7, 11) is 0. The van der Waals surface area contributed by atoms with Gasteiger partial charge in [0.05, 0.1) is 10.6 Å². The highest BCUT2D eigenvalue weighted by Gasteiger charge is 2.51. The van der Waals surface area contributed by atoms with E-state index >= 15 is 8.78 Å². The van der Waals surface area contributed by atoms with Crippen LogP contribution in [0.15, 0.2) is 72.8 Å². The molecule has 5 nitrogen and oxygen atoms in total. The average molecular weight is 725 g/mol. The van der Waals surface area contributed by atoms with E-state index in [0.717, 1.165) is 79.6 Å². The first-order chi connectivity index (χ1) is 24.8. The van der Waals surface area contributed by atoms with Crippen molar-refractivity contribution in [3.63, 3.8) is 0 Å². The highest BCUT2D eigenvalue weighted by atomic mass is 35.5. The normalized spacial score (nSPS) is 21.5. The maximum atomic E-state index is 15.9. The number of hydrogen-bond acceptors (Lipinski definition) is 5. The van der Waals surface area contributed by atoms with E-state index in [4.69, 9.17) is 21.1 Å². The van der Waals surface area contributed by atoms with Gasteiger partial charge in [0.15, 0.2) is 0 Å². The van der Waals surface area contributed by atoms with Gasteiger partial charge in [0.1, 0.15) is 18.0 Å². The summed E-state index contributed by atoms with van der Waals surface area (Å²) in [6, 6.07) is 21.2. The number of benzene rings is 4. The molecule has 2 atom stereocenters. The van der Waals surface area contributed by atoms with Crippen LogP contribution >= 0.6 is 11.6 Å². The third-order valence-corrected chi connectivity index (χ3v) is 12.5. The number of halogens is 3. The molecule has 4 fully saturated rings. The predicted octanol–water partition coefficient (Wildman–Crippen LogP) is 11.0. The minimum absolute atomic E-state index is 0.0467. The summed E-state index contributed by atoms with van der Waals surface area (Å²) in [6.07, 6.45) is 6.65. The molecule has 0 spiro atoms. The number of aryl methyl sites for hydroxylation is 1. The van der Waals surface area contributed by atoms with Crippen molar-refractivity contribution in [2.75, 3.05) is 37.7 Å². The smallest absolute Gasteiger partial charge is 0.298 e. The summed E-state index contributed by atoms with van der Waals surface area (Å²) in [4.78, 5) is 18.4. The second-order valence-corrected chi connectivity index (χ2v) is 17.1. The van der Waals surface area contributed by atoms with E-state index in [1.807, 2.05) is 45.9 Å². The van der Waals surface area contributed by atoms with Crippen LogP contribution in [-0.2, 0) is 10.7 Å². The molecule has 2 unspecified atom stereocenters. The van der Waals surface area contributed by atoms with Crippen molar-refractivity contribution in [3.05, 3.63) is 94.5 Å². The van der Waals surface area contributed by atoms with Gasteiger partial charge in [-0.1, -0.05) is 78.5 Å². The van der Waals surface area contributed by atoms with E-state index in [9.17, 15) is 4.79 Å². The molecule has 4 saturated heterocycles. The van der Waals surface area contributed by atoms with Gasteiger partial charge in [0.2, 0.25) is 0 Å². The lowest BCUT2D eigenvalue weighted by Crippen LogP contribution is -2.48. The van der Waals surface area contributed by atoms with Crippen LogP contribution in [0.3, 0.4) is 0 Å². The minimum Gasteiger partial charge on any atom is -0.492 e. The standard InChI is InChI=1S/C43H48BClF2N2O3/c1-28-20-29(22-31(21-28)43(46,47)30-10-6-5-7-11-30)35-14-15-36-37(39(35)45)23-34(51-27-42-16-8-18-49(42)19-9-17-42)24-38(36)48-25-32-12-13-33(26-48)44(32)40(50)52-41(2,3)4/h5-7,10-11,14-15,20-24,32-33H,8-9,12-13,16-19,25-27H2,1-4H3. The van der Waals surface area contributed by atoms with E-state index < -0.39 is 11.5 Å². The Hall–Kier alpha value is -3.62. The SMILES string of the molecule is Cc1cc(-c2ccc3c(N4CC5CCC(C4)B5C(=O)OC(C)(C)C)cc(OCC45CCCN4CCC5)cc3c2Cl)cc(C(F)(F)c2ccccc2)c1. The third-order valence-electron chi connectivity index (χ3n) is 12.1. The monoisotopic (exact) mass is 724 g/mol. The predicted molar refractivity (Wildman–Crippen MR) is 208 cm³/mol. The first-order valence-corrected chi connectivity index (χ1v) is 19.4. The Labute approximate surface area is 311 Å². The van der Waals surface area contributed by atoms with Crippen LogP contribution in [-0.4, -0.2) is 61.4 Å². The summed E-state index contributed by atoms with van der Waals surface area (Å²) in [6.45, 7) is 11.9. The fourth-order valence-corrected chi connectivity index (χ4v) is 10.0. The van der Waals surface area contributed by atoms with Gasteiger partial charge >= 0.3 is 0 Å². The highest BCUT2D eigenvalue weighted by Crippen LogP contribution is 2.49. The number of carbonyl (C=O) groups is 1. The van der Waals surface area contributed by atoms with Crippen molar-refractivity contribution in [1.29, 1.82) is 0 Å². The second-order valence-electron chi connectivity index (χ2n) is 16.8. The first-order valence-electron chi connectivity index (χ1n) is 19.0. The number of anilines is 1. The summed E-state index contributed by atoms with van der Waals surface area (Å²) in [5.74, 6) is -2.09. The zero-order valence-electron chi connectivity index (χ0n) is 30.7. The Morgan fingerprint density at radius 1 is 0.904 bits per heavy atom. The van der Waals surface area contributed by atoms with Crippen LogP contribution in [0.4, 0.5) is 19.3 Å². The summed E-state index contributed by atoms with van der Waals surface area (Å²) in [5.41, 5.74) is 2.56. The van der Waals surface area contributed by atoms with Crippen LogP contribution in [0.25, 0.3) is 21.9 Å². The molecule has 0 aliphatic carbocycles. The first kappa shape index (κ1) is 35.4. The molecule has 272 valence electrons. The molecule has 2 bridgehead atoms. The lowest BCUT2D eigenvalue weighted by molar-refractivity contribution is 0.0428. The molecule has 4 aromatic carbocycles. The summed E-state index contributed by atoms with van der Waals surface area (Å²) >= 11 is 7.37. The number of carbonyl (C=O) groups excluding carboxylic acids is 1. The highest BCUT2D eigenvalue weighted by molar-refractivity contribution is 6.91. The molecule has 4 aliphatic rings. The van der Waals surface area contributed by atoms with Gasteiger partial charge in [0.25, 0.3) is 18.5 Å². The third kappa shape index (κ3) is 6.48. The average Bonchev–Trinajstić information content (AvgIpc) is 3.77. The molecule has 0 aromatic heterocycles. The number of nitrogens with zero attached hydrogens (tertiary/aromatic N) is 2. The van der Waals surface area contributed by atoms with Gasteiger partial charge < -0.3 is 14.4 Å². The number of rotatable bonds is 8.